The lowest BCUT2D eigenvalue weighted by atomic mass is 10.3. The minimum absolute atomic E-state index is 0.0829. The summed E-state index contributed by atoms with van der Waals surface area (Å²) in [5, 5.41) is 6.53. The molecule has 0 heterocycles. The summed E-state index contributed by atoms with van der Waals surface area (Å²) in [5.41, 5.74) is 5.53. The number of benzene rings is 1. The molecular weight excluding hydrogens is 254 g/mol. The lowest BCUT2D eigenvalue weighted by molar-refractivity contribution is 0.376. The van der Waals surface area contributed by atoms with E-state index < -0.39 is 15.3 Å². The fourth-order valence-electron chi connectivity index (χ4n) is 1.10. The van der Waals surface area contributed by atoms with Crippen LogP contribution in [0.5, 0.6) is 5.75 Å². The smallest absolute Gasteiger partial charge is 0.235 e. The monoisotopic (exact) mass is 271 g/mol. The van der Waals surface area contributed by atoms with Crippen LogP contribution in [-0.4, -0.2) is 26.1 Å². The first-order chi connectivity index (χ1) is 8.33. The van der Waals surface area contributed by atoms with Gasteiger partial charge in [0.05, 0.1) is 10.9 Å². The summed E-state index contributed by atoms with van der Waals surface area (Å²) < 4.78 is 31.2. The van der Waals surface area contributed by atoms with Gasteiger partial charge < -0.3 is 10.5 Å². The molecule has 0 aliphatic rings. The zero-order valence-electron chi connectivity index (χ0n) is 10.3. The molecule has 4 N–H and O–H groups in total. The van der Waals surface area contributed by atoms with Crippen LogP contribution in [0.15, 0.2) is 24.3 Å². The highest BCUT2D eigenvalue weighted by Gasteiger charge is 2.17. The molecule has 0 aromatic heterocycles. The van der Waals surface area contributed by atoms with Gasteiger partial charge in [0, 0.05) is 0 Å². The first-order valence-corrected chi connectivity index (χ1v) is 6.94. The number of amidine groups is 1. The van der Waals surface area contributed by atoms with Gasteiger partial charge in [-0.05, 0) is 26.0 Å². The van der Waals surface area contributed by atoms with Gasteiger partial charge in [-0.1, -0.05) is 12.1 Å². The molecule has 0 bridgehead atoms. The van der Waals surface area contributed by atoms with Crippen LogP contribution in [0.1, 0.15) is 13.8 Å². The third-order valence-corrected chi connectivity index (χ3v) is 3.89. The molecule has 1 rings (SSSR count). The Hall–Kier alpha value is -1.76. The summed E-state index contributed by atoms with van der Waals surface area (Å²) in [5.74, 6) is 0.216. The quantitative estimate of drug-likeness (QED) is 0.533. The Bertz CT molecular complexity index is 526. The fraction of sp³-hybridized carbons (Fsp3) is 0.364. The Kier molecular flexibility index (Phi) is 4.55. The Morgan fingerprint density at radius 3 is 2.61 bits per heavy atom. The highest BCUT2D eigenvalue weighted by Crippen LogP contribution is 2.25. The number of rotatable bonds is 6. The van der Waals surface area contributed by atoms with Gasteiger partial charge >= 0.3 is 0 Å². The van der Waals surface area contributed by atoms with Crippen LogP contribution in [0.3, 0.4) is 0 Å². The lowest BCUT2D eigenvalue weighted by Crippen LogP contribution is -2.23. The maximum atomic E-state index is 11.8. The molecule has 1 aromatic carbocycles. The Morgan fingerprint density at radius 2 is 2.06 bits per heavy atom. The van der Waals surface area contributed by atoms with Crippen LogP contribution >= 0.6 is 0 Å². The van der Waals surface area contributed by atoms with E-state index in [2.05, 4.69) is 4.72 Å². The van der Waals surface area contributed by atoms with Crippen molar-refractivity contribution in [2.24, 2.45) is 5.73 Å². The Balaban J connectivity index is 2.92. The minimum atomic E-state index is -3.43. The van der Waals surface area contributed by atoms with Crippen LogP contribution in [-0.2, 0) is 10.0 Å². The van der Waals surface area contributed by atoms with Gasteiger partial charge in [0.15, 0.2) is 0 Å². The molecule has 1 aromatic rings. The number of sulfonamides is 1. The lowest BCUT2D eigenvalue weighted by Gasteiger charge is -2.14. The van der Waals surface area contributed by atoms with Gasteiger partial charge in [0.25, 0.3) is 0 Å². The highest BCUT2D eigenvalue weighted by molar-refractivity contribution is 7.93. The number of nitrogens with two attached hydrogens (primary N) is 1. The number of para-hydroxylation sites is 2. The van der Waals surface area contributed by atoms with Crippen LogP contribution in [0.2, 0.25) is 0 Å². The van der Waals surface area contributed by atoms with Crippen LogP contribution in [0.25, 0.3) is 0 Å². The molecule has 0 aliphatic heterocycles. The molecule has 0 aliphatic carbocycles. The van der Waals surface area contributed by atoms with E-state index in [0.717, 1.165) is 0 Å². The summed E-state index contributed by atoms with van der Waals surface area (Å²) in [6, 6.07) is 6.61. The maximum Gasteiger partial charge on any atom is 0.235 e. The normalized spacial score (nSPS) is 11.3. The average Bonchev–Trinajstić information content (AvgIpc) is 2.27. The van der Waals surface area contributed by atoms with E-state index in [0.29, 0.717) is 11.4 Å². The molecular formula is C11H17N3O3S. The van der Waals surface area contributed by atoms with Gasteiger partial charge in [-0.25, -0.2) is 8.42 Å². The highest BCUT2D eigenvalue weighted by atomic mass is 32.2. The van der Waals surface area contributed by atoms with Crippen molar-refractivity contribution in [2.45, 2.75) is 19.1 Å². The second kappa shape index (κ2) is 5.72. The zero-order chi connectivity index (χ0) is 13.8. The molecule has 0 radical (unpaired) electrons. The van der Waals surface area contributed by atoms with Crippen molar-refractivity contribution < 1.29 is 13.2 Å². The van der Waals surface area contributed by atoms with Crippen LogP contribution in [0.4, 0.5) is 5.69 Å². The van der Waals surface area contributed by atoms with Gasteiger partial charge in [0.1, 0.15) is 18.2 Å². The Morgan fingerprint density at radius 1 is 1.44 bits per heavy atom. The molecule has 0 saturated heterocycles. The molecule has 100 valence electrons. The largest absolute Gasteiger partial charge is 0.484 e. The standard InChI is InChI=1S/C11H17N3O3S/c1-8(2)18(15,16)14-9-5-3-4-6-10(9)17-7-11(12)13/h3-6,8,14H,7H2,1-2H3,(H3,12,13). The Labute approximate surface area is 107 Å². The summed E-state index contributed by atoms with van der Waals surface area (Å²) in [4.78, 5) is 0. The van der Waals surface area contributed by atoms with Gasteiger partial charge in [-0.2, -0.15) is 0 Å². The second-order valence-corrected chi connectivity index (χ2v) is 6.24. The van der Waals surface area contributed by atoms with E-state index in [4.69, 9.17) is 15.9 Å². The summed E-state index contributed by atoms with van der Waals surface area (Å²) in [7, 11) is -3.43. The van der Waals surface area contributed by atoms with Crippen molar-refractivity contribution in [1.82, 2.24) is 0 Å². The van der Waals surface area contributed by atoms with Crippen molar-refractivity contribution in [3.63, 3.8) is 0 Å². The third-order valence-electron chi connectivity index (χ3n) is 2.14. The summed E-state index contributed by atoms with van der Waals surface area (Å²) in [6.07, 6.45) is 0. The molecule has 0 amide bonds. The SMILES string of the molecule is CC(C)S(=O)(=O)Nc1ccccc1OCC(=N)N. The zero-order valence-corrected chi connectivity index (χ0v) is 11.1. The van der Waals surface area contributed by atoms with Crippen LogP contribution < -0.4 is 15.2 Å². The molecule has 0 saturated carbocycles. The van der Waals surface area contributed by atoms with Crippen molar-refractivity contribution in [2.75, 3.05) is 11.3 Å². The van der Waals surface area contributed by atoms with Gasteiger partial charge in [-0.15, -0.1) is 0 Å². The summed E-state index contributed by atoms with van der Waals surface area (Å²) >= 11 is 0. The molecule has 0 fully saturated rings. The molecule has 18 heavy (non-hydrogen) atoms. The van der Waals surface area contributed by atoms with Crippen molar-refractivity contribution >= 4 is 21.5 Å². The van der Waals surface area contributed by atoms with Crippen molar-refractivity contribution in [3.05, 3.63) is 24.3 Å². The van der Waals surface area contributed by atoms with E-state index in [1.807, 2.05) is 0 Å². The van der Waals surface area contributed by atoms with E-state index in [9.17, 15) is 8.42 Å². The van der Waals surface area contributed by atoms with Crippen molar-refractivity contribution in [1.29, 1.82) is 5.41 Å². The third kappa shape index (κ3) is 3.92. The first kappa shape index (κ1) is 14.3. The topological polar surface area (TPSA) is 105 Å². The first-order valence-electron chi connectivity index (χ1n) is 5.39. The van der Waals surface area contributed by atoms with Crippen molar-refractivity contribution in [3.8, 4) is 5.75 Å². The number of ether oxygens (including phenoxy) is 1. The van der Waals surface area contributed by atoms with E-state index in [1.165, 1.54) is 0 Å². The second-order valence-electron chi connectivity index (χ2n) is 4.01. The number of hydrogen-bond acceptors (Lipinski definition) is 4. The minimum Gasteiger partial charge on any atom is -0.484 e. The van der Waals surface area contributed by atoms with E-state index in [1.54, 1.807) is 38.1 Å². The molecule has 0 spiro atoms. The maximum absolute atomic E-state index is 11.8. The number of anilines is 1. The van der Waals surface area contributed by atoms with E-state index in [-0.39, 0.29) is 12.4 Å². The summed E-state index contributed by atoms with van der Waals surface area (Å²) in [6.45, 7) is 3.09. The molecule has 7 heteroatoms. The number of hydrogen-bond donors (Lipinski definition) is 3. The molecule has 0 unspecified atom stereocenters. The van der Waals surface area contributed by atoms with Gasteiger partial charge in [0.2, 0.25) is 10.0 Å². The average molecular weight is 271 g/mol. The molecule has 0 atom stereocenters. The molecule has 6 nitrogen and oxygen atoms in total. The van der Waals surface area contributed by atoms with Gasteiger partial charge in [-0.3, -0.25) is 10.1 Å². The predicted octanol–water partition coefficient (Wildman–Crippen LogP) is 1.15. The predicted molar refractivity (Wildman–Crippen MR) is 71.5 cm³/mol. The van der Waals surface area contributed by atoms with E-state index >= 15 is 0 Å². The fourth-order valence-corrected chi connectivity index (χ4v) is 1.81. The number of nitrogens with one attached hydrogen (secondary N) is 2. The van der Waals surface area contributed by atoms with Crippen LogP contribution in [0, 0.1) is 5.41 Å².